The molecule has 0 aliphatic carbocycles. The van der Waals surface area contributed by atoms with Crippen LogP contribution in [0.3, 0.4) is 0 Å². The molecular weight excluding hydrogens is 247 g/mol. The second kappa shape index (κ2) is 6.84. The molecule has 1 aromatic rings. The third-order valence-electron chi connectivity index (χ3n) is 3.31. The van der Waals surface area contributed by atoms with Crippen LogP contribution in [-0.4, -0.2) is 51.4 Å². The van der Waals surface area contributed by atoms with E-state index in [9.17, 15) is 4.39 Å². The number of benzene rings is 1. The summed E-state index contributed by atoms with van der Waals surface area (Å²) in [6, 6.07) is 5.27. The van der Waals surface area contributed by atoms with Gasteiger partial charge in [-0.15, -0.1) is 0 Å². The first kappa shape index (κ1) is 14.2. The van der Waals surface area contributed by atoms with Crippen LogP contribution in [0.4, 0.5) is 4.39 Å². The maximum atomic E-state index is 14.1. The Kier molecular flexibility index (Phi) is 5.13. The van der Waals surface area contributed by atoms with Crippen LogP contribution in [0, 0.1) is 5.82 Å². The van der Waals surface area contributed by atoms with Gasteiger partial charge in [0, 0.05) is 31.7 Å². The lowest BCUT2D eigenvalue weighted by Crippen LogP contribution is -2.45. The van der Waals surface area contributed by atoms with E-state index in [4.69, 9.17) is 9.47 Å². The fourth-order valence-corrected chi connectivity index (χ4v) is 2.35. The Hall–Kier alpha value is -1.17. The highest BCUT2D eigenvalue weighted by molar-refractivity contribution is 5.31. The van der Waals surface area contributed by atoms with Gasteiger partial charge in [0.25, 0.3) is 0 Å². The molecule has 1 aliphatic heterocycles. The summed E-state index contributed by atoms with van der Waals surface area (Å²) in [6.07, 6.45) is 0.174. The van der Waals surface area contributed by atoms with Gasteiger partial charge in [-0.1, -0.05) is 12.1 Å². The first-order valence-corrected chi connectivity index (χ1v) is 6.54. The van der Waals surface area contributed by atoms with Crippen LogP contribution in [0.25, 0.3) is 0 Å². The van der Waals surface area contributed by atoms with E-state index >= 15 is 0 Å². The van der Waals surface area contributed by atoms with E-state index in [1.54, 1.807) is 12.1 Å². The van der Waals surface area contributed by atoms with Crippen LogP contribution < -0.4 is 10.1 Å². The first-order chi connectivity index (χ1) is 9.24. The summed E-state index contributed by atoms with van der Waals surface area (Å²) in [5.41, 5.74) is 0.671. The molecule has 1 saturated heterocycles. The minimum absolute atomic E-state index is 0.174. The molecule has 1 fully saturated rings. The van der Waals surface area contributed by atoms with Crippen molar-refractivity contribution >= 4 is 0 Å². The number of hydrogen-bond acceptors (Lipinski definition) is 4. The van der Waals surface area contributed by atoms with Crippen LogP contribution in [0.5, 0.6) is 5.75 Å². The average Bonchev–Trinajstić information content (AvgIpc) is 2.42. The molecule has 19 heavy (non-hydrogen) atoms. The normalized spacial score (nSPS) is 20.5. The lowest BCUT2D eigenvalue weighted by atomic mass is 10.1. The molecule has 0 radical (unpaired) electrons. The Morgan fingerprint density at radius 2 is 2.37 bits per heavy atom. The Bertz CT molecular complexity index is 412. The predicted molar refractivity (Wildman–Crippen MR) is 71.9 cm³/mol. The summed E-state index contributed by atoms with van der Waals surface area (Å²) >= 11 is 0. The Morgan fingerprint density at radius 1 is 1.53 bits per heavy atom. The Morgan fingerprint density at radius 3 is 3.11 bits per heavy atom. The van der Waals surface area contributed by atoms with Crippen molar-refractivity contribution in [2.75, 3.05) is 40.4 Å². The van der Waals surface area contributed by atoms with E-state index in [-0.39, 0.29) is 11.9 Å². The van der Waals surface area contributed by atoms with Gasteiger partial charge < -0.3 is 14.8 Å². The van der Waals surface area contributed by atoms with E-state index in [2.05, 4.69) is 10.2 Å². The predicted octanol–water partition coefficient (Wildman–Crippen LogP) is 1.25. The van der Waals surface area contributed by atoms with Gasteiger partial charge in [-0.2, -0.15) is 0 Å². The number of likely N-dealkylation sites (N-methyl/N-ethyl adjacent to an activating group) is 1. The third-order valence-corrected chi connectivity index (χ3v) is 3.31. The van der Waals surface area contributed by atoms with Gasteiger partial charge in [0.15, 0.2) is 11.6 Å². The van der Waals surface area contributed by atoms with Gasteiger partial charge in [0.1, 0.15) is 0 Å². The molecule has 5 heteroatoms. The van der Waals surface area contributed by atoms with Crippen molar-refractivity contribution in [1.29, 1.82) is 0 Å². The summed E-state index contributed by atoms with van der Waals surface area (Å²) < 4.78 is 24.7. The summed E-state index contributed by atoms with van der Waals surface area (Å²) in [4.78, 5) is 2.21. The standard InChI is InChI=1S/C14H21FN2O2/c1-16-8-12-10-17(6-7-19-12)9-11-4-3-5-13(18-2)14(11)15/h3-5,12,16H,6-10H2,1-2H3. The second-order valence-electron chi connectivity index (χ2n) is 4.72. The topological polar surface area (TPSA) is 33.7 Å². The Labute approximate surface area is 113 Å². The summed E-state index contributed by atoms with van der Waals surface area (Å²) in [5.74, 6) is 0.0409. The SMILES string of the molecule is CNCC1CN(Cc2cccc(OC)c2F)CCO1. The maximum Gasteiger partial charge on any atom is 0.169 e. The van der Waals surface area contributed by atoms with Crippen LogP contribution in [0.2, 0.25) is 0 Å². The lowest BCUT2D eigenvalue weighted by Gasteiger charge is -2.33. The molecule has 0 saturated carbocycles. The largest absolute Gasteiger partial charge is 0.494 e. The van der Waals surface area contributed by atoms with Gasteiger partial charge in [-0.25, -0.2) is 4.39 Å². The average molecular weight is 268 g/mol. The number of rotatable bonds is 5. The fraction of sp³-hybridized carbons (Fsp3) is 0.571. The number of methoxy groups -OCH3 is 1. The number of morpholine rings is 1. The van der Waals surface area contributed by atoms with E-state index in [0.717, 1.165) is 19.6 Å². The molecule has 1 aliphatic rings. The molecule has 0 spiro atoms. The number of ether oxygens (including phenoxy) is 2. The molecule has 2 rings (SSSR count). The molecule has 0 bridgehead atoms. The number of halogens is 1. The van der Waals surface area contributed by atoms with E-state index in [0.29, 0.717) is 24.5 Å². The third kappa shape index (κ3) is 3.65. The van der Waals surface area contributed by atoms with Crippen LogP contribution >= 0.6 is 0 Å². The van der Waals surface area contributed by atoms with Gasteiger partial charge in [-0.3, -0.25) is 4.90 Å². The molecule has 0 amide bonds. The first-order valence-electron chi connectivity index (χ1n) is 6.54. The second-order valence-corrected chi connectivity index (χ2v) is 4.72. The molecular formula is C14H21FN2O2. The maximum absolute atomic E-state index is 14.1. The Balaban J connectivity index is 2.00. The van der Waals surface area contributed by atoms with Crippen molar-refractivity contribution in [1.82, 2.24) is 10.2 Å². The van der Waals surface area contributed by atoms with Crippen molar-refractivity contribution in [2.45, 2.75) is 12.6 Å². The van der Waals surface area contributed by atoms with Crippen LogP contribution in [0.15, 0.2) is 18.2 Å². The van der Waals surface area contributed by atoms with Crippen molar-refractivity contribution in [3.8, 4) is 5.75 Å². The summed E-state index contributed by atoms with van der Waals surface area (Å²) in [7, 11) is 3.39. The molecule has 4 nitrogen and oxygen atoms in total. The number of nitrogens with one attached hydrogen (secondary N) is 1. The highest BCUT2D eigenvalue weighted by Crippen LogP contribution is 2.21. The van der Waals surface area contributed by atoms with Crippen LogP contribution in [0.1, 0.15) is 5.56 Å². The van der Waals surface area contributed by atoms with Crippen molar-refractivity contribution in [2.24, 2.45) is 0 Å². The van der Waals surface area contributed by atoms with Gasteiger partial charge >= 0.3 is 0 Å². The zero-order valence-corrected chi connectivity index (χ0v) is 11.5. The van der Waals surface area contributed by atoms with Crippen molar-refractivity contribution in [3.05, 3.63) is 29.6 Å². The number of hydrogen-bond donors (Lipinski definition) is 1. The van der Waals surface area contributed by atoms with Gasteiger partial charge in [-0.05, 0) is 13.1 Å². The minimum Gasteiger partial charge on any atom is -0.494 e. The van der Waals surface area contributed by atoms with E-state index in [1.807, 2.05) is 13.1 Å². The zero-order valence-electron chi connectivity index (χ0n) is 11.5. The van der Waals surface area contributed by atoms with E-state index < -0.39 is 0 Å². The summed E-state index contributed by atoms with van der Waals surface area (Å²) in [5, 5.41) is 3.11. The smallest absolute Gasteiger partial charge is 0.169 e. The highest BCUT2D eigenvalue weighted by atomic mass is 19.1. The quantitative estimate of drug-likeness (QED) is 0.871. The molecule has 1 N–H and O–H groups in total. The van der Waals surface area contributed by atoms with E-state index in [1.165, 1.54) is 7.11 Å². The molecule has 1 atom stereocenters. The summed E-state index contributed by atoms with van der Waals surface area (Å²) in [6.45, 7) is 3.75. The molecule has 0 aromatic heterocycles. The van der Waals surface area contributed by atoms with Crippen molar-refractivity contribution in [3.63, 3.8) is 0 Å². The highest BCUT2D eigenvalue weighted by Gasteiger charge is 2.21. The number of nitrogens with zero attached hydrogens (tertiary/aromatic N) is 1. The molecule has 1 aromatic carbocycles. The van der Waals surface area contributed by atoms with Gasteiger partial charge in [0.05, 0.1) is 19.8 Å². The molecule has 106 valence electrons. The lowest BCUT2D eigenvalue weighted by molar-refractivity contribution is -0.0294. The monoisotopic (exact) mass is 268 g/mol. The van der Waals surface area contributed by atoms with Crippen LogP contribution in [-0.2, 0) is 11.3 Å². The molecule has 1 heterocycles. The van der Waals surface area contributed by atoms with Crippen molar-refractivity contribution < 1.29 is 13.9 Å². The fourth-order valence-electron chi connectivity index (χ4n) is 2.35. The zero-order chi connectivity index (χ0) is 13.7. The minimum atomic E-state index is -0.262. The van der Waals surface area contributed by atoms with Gasteiger partial charge in [0.2, 0.25) is 0 Å². The molecule has 1 unspecified atom stereocenters.